The molecule has 46 heavy (non-hydrogen) atoms. The normalized spacial score (nSPS) is 11.9. The molecule has 242 valence electrons. The molecule has 1 N–H and O–H groups in total. The highest BCUT2D eigenvalue weighted by atomic mass is 35.5. The largest absolute Gasteiger partial charge is 0.354 e. The zero-order chi connectivity index (χ0) is 33.3. The molecule has 0 bridgehead atoms. The Morgan fingerprint density at radius 3 is 2.15 bits per heavy atom. The molecule has 4 aromatic carbocycles. The summed E-state index contributed by atoms with van der Waals surface area (Å²) < 4.78 is 29.6. The van der Waals surface area contributed by atoms with E-state index in [-0.39, 0.29) is 29.5 Å². The zero-order valence-corrected chi connectivity index (χ0v) is 28.6. The number of amides is 2. The fourth-order valence-electron chi connectivity index (χ4n) is 5.06. The van der Waals surface area contributed by atoms with Gasteiger partial charge in [-0.05, 0) is 73.4 Å². The molecule has 7 nitrogen and oxygen atoms in total. The third-order valence-corrected chi connectivity index (χ3v) is 10.2. The first-order chi connectivity index (χ1) is 22.0. The molecular weight excluding hydrogens is 641 g/mol. The van der Waals surface area contributed by atoms with Crippen molar-refractivity contribution in [2.75, 3.05) is 17.4 Å². The monoisotopic (exact) mass is 679 g/mol. The Kier molecular flexibility index (Phi) is 12.3. The Morgan fingerprint density at radius 2 is 1.50 bits per heavy atom. The summed E-state index contributed by atoms with van der Waals surface area (Å²) >= 11 is 12.6. The van der Waals surface area contributed by atoms with Crippen LogP contribution in [0.2, 0.25) is 10.0 Å². The topological polar surface area (TPSA) is 86.8 Å². The molecule has 4 aromatic rings. The summed E-state index contributed by atoms with van der Waals surface area (Å²) in [5, 5.41) is 3.89. The molecule has 4 rings (SSSR count). The molecule has 1 atom stereocenters. The fraction of sp³-hybridized carbons (Fsp3) is 0.278. The molecule has 0 heterocycles. The molecule has 0 radical (unpaired) electrons. The summed E-state index contributed by atoms with van der Waals surface area (Å²) in [6.07, 6.45) is 1.91. The molecular formula is C36H39Cl2N3O4S. The number of nitrogens with one attached hydrogen (secondary N) is 1. The third-order valence-electron chi connectivity index (χ3n) is 7.76. The van der Waals surface area contributed by atoms with Crippen LogP contribution in [0.15, 0.2) is 102 Å². The minimum atomic E-state index is -4.23. The Bertz CT molecular complexity index is 1730. The molecule has 0 saturated heterocycles. The van der Waals surface area contributed by atoms with E-state index in [9.17, 15) is 18.0 Å². The minimum absolute atomic E-state index is 0.0349. The predicted octanol–water partition coefficient (Wildman–Crippen LogP) is 7.36. The van der Waals surface area contributed by atoms with E-state index in [1.807, 2.05) is 44.2 Å². The van der Waals surface area contributed by atoms with Crippen molar-refractivity contribution in [1.82, 2.24) is 10.2 Å². The summed E-state index contributed by atoms with van der Waals surface area (Å²) in [5.74, 6) is -0.858. The van der Waals surface area contributed by atoms with Crippen LogP contribution < -0.4 is 9.62 Å². The lowest BCUT2D eigenvalue weighted by Crippen LogP contribution is -2.53. The first-order valence-electron chi connectivity index (χ1n) is 15.2. The maximum Gasteiger partial charge on any atom is 0.264 e. The van der Waals surface area contributed by atoms with Gasteiger partial charge < -0.3 is 10.2 Å². The highest BCUT2D eigenvalue weighted by molar-refractivity contribution is 7.92. The number of hydrogen-bond acceptors (Lipinski definition) is 4. The second kappa shape index (κ2) is 16.1. The number of anilines is 1. The number of carbonyl (C=O) groups is 2. The Balaban J connectivity index is 1.81. The van der Waals surface area contributed by atoms with Crippen molar-refractivity contribution >= 4 is 50.7 Å². The van der Waals surface area contributed by atoms with Gasteiger partial charge >= 0.3 is 0 Å². The summed E-state index contributed by atoms with van der Waals surface area (Å²) in [4.78, 5) is 29.9. The Morgan fingerprint density at radius 1 is 0.826 bits per heavy atom. The standard InChI is InChI=1S/C36H39Cl2N3O4S/c1-4-5-22-39-36(43)34(23-28-10-7-6-8-11-28)40(24-29-16-18-30(37)19-17-29)35(42)25-41(33-13-9-12-32(38)27(33)3)46(44,45)31-20-14-26(2)15-21-31/h6-21,34H,4-5,22-25H2,1-3H3,(H,39,43). The quantitative estimate of drug-likeness (QED) is 0.141. The van der Waals surface area contributed by atoms with Gasteiger partial charge in [-0.25, -0.2) is 8.42 Å². The SMILES string of the molecule is CCCCNC(=O)C(Cc1ccccc1)N(Cc1ccc(Cl)cc1)C(=O)CN(c1cccc(Cl)c1C)S(=O)(=O)c1ccc(C)cc1. The van der Waals surface area contributed by atoms with Gasteiger partial charge in [0, 0.05) is 29.6 Å². The highest BCUT2D eigenvalue weighted by Crippen LogP contribution is 2.31. The van der Waals surface area contributed by atoms with Gasteiger partial charge in [0.15, 0.2) is 0 Å². The molecule has 10 heteroatoms. The molecule has 0 aliphatic carbocycles. The van der Waals surface area contributed by atoms with E-state index in [4.69, 9.17) is 23.2 Å². The molecule has 1 unspecified atom stereocenters. The number of carbonyl (C=O) groups excluding carboxylic acids is 2. The van der Waals surface area contributed by atoms with Crippen molar-refractivity contribution < 1.29 is 18.0 Å². The second-order valence-electron chi connectivity index (χ2n) is 11.2. The van der Waals surface area contributed by atoms with Crippen LogP contribution in [0.3, 0.4) is 0 Å². The van der Waals surface area contributed by atoms with E-state index >= 15 is 0 Å². The number of unbranched alkanes of at least 4 members (excludes halogenated alkanes) is 1. The van der Waals surface area contributed by atoms with Crippen molar-refractivity contribution in [3.05, 3.63) is 129 Å². The second-order valence-corrected chi connectivity index (χ2v) is 13.9. The van der Waals surface area contributed by atoms with Crippen LogP contribution in [-0.2, 0) is 32.6 Å². The number of sulfonamides is 1. The van der Waals surface area contributed by atoms with E-state index in [1.165, 1.54) is 17.0 Å². The minimum Gasteiger partial charge on any atom is -0.354 e. The molecule has 0 aliphatic heterocycles. The van der Waals surface area contributed by atoms with E-state index in [1.54, 1.807) is 61.5 Å². The third kappa shape index (κ3) is 8.90. The summed E-state index contributed by atoms with van der Waals surface area (Å²) in [6, 6.07) is 27.0. The van der Waals surface area contributed by atoms with E-state index in [0.717, 1.165) is 33.8 Å². The Labute approximate surface area is 282 Å². The predicted molar refractivity (Wildman–Crippen MR) is 186 cm³/mol. The van der Waals surface area contributed by atoms with Crippen LogP contribution in [0.25, 0.3) is 0 Å². The van der Waals surface area contributed by atoms with Crippen LogP contribution in [0, 0.1) is 13.8 Å². The van der Waals surface area contributed by atoms with Crippen LogP contribution in [0.4, 0.5) is 5.69 Å². The Hall–Kier alpha value is -3.85. The number of benzene rings is 4. The molecule has 0 saturated carbocycles. The number of halogens is 2. The average Bonchev–Trinajstić information content (AvgIpc) is 3.04. The van der Waals surface area contributed by atoms with Crippen molar-refractivity contribution in [2.45, 2.75) is 57.5 Å². The first-order valence-corrected chi connectivity index (χ1v) is 17.4. The summed E-state index contributed by atoms with van der Waals surface area (Å²) in [7, 11) is -4.23. The molecule has 2 amide bonds. The van der Waals surface area contributed by atoms with Crippen LogP contribution in [0.1, 0.15) is 42.0 Å². The summed E-state index contributed by atoms with van der Waals surface area (Å²) in [6.45, 7) is 5.57. The maximum atomic E-state index is 14.6. The van der Waals surface area contributed by atoms with E-state index in [0.29, 0.717) is 22.2 Å². The van der Waals surface area contributed by atoms with E-state index in [2.05, 4.69) is 5.32 Å². The molecule has 0 spiro atoms. The summed E-state index contributed by atoms with van der Waals surface area (Å²) in [5.41, 5.74) is 3.29. The molecule has 0 aliphatic rings. The van der Waals surface area contributed by atoms with Gasteiger partial charge in [0.05, 0.1) is 10.6 Å². The van der Waals surface area contributed by atoms with Crippen molar-refractivity contribution in [1.29, 1.82) is 0 Å². The zero-order valence-electron chi connectivity index (χ0n) is 26.2. The van der Waals surface area contributed by atoms with Gasteiger partial charge in [-0.1, -0.05) is 103 Å². The first kappa shape index (κ1) is 35.0. The highest BCUT2D eigenvalue weighted by Gasteiger charge is 2.35. The lowest BCUT2D eigenvalue weighted by Gasteiger charge is -2.34. The fourth-order valence-corrected chi connectivity index (χ4v) is 6.83. The lowest BCUT2D eigenvalue weighted by molar-refractivity contribution is -0.140. The van der Waals surface area contributed by atoms with Gasteiger partial charge in [0.25, 0.3) is 10.0 Å². The van der Waals surface area contributed by atoms with Gasteiger partial charge in [-0.3, -0.25) is 13.9 Å². The van der Waals surface area contributed by atoms with E-state index < -0.39 is 28.5 Å². The van der Waals surface area contributed by atoms with Gasteiger partial charge in [-0.2, -0.15) is 0 Å². The number of nitrogens with zero attached hydrogens (tertiary/aromatic N) is 2. The lowest BCUT2D eigenvalue weighted by atomic mass is 10.0. The molecule has 0 aromatic heterocycles. The van der Waals surface area contributed by atoms with Gasteiger partial charge in [-0.15, -0.1) is 0 Å². The molecule has 0 fully saturated rings. The van der Waals surface area contributed by atoms with Crippen LogP contribution >= 0.6 is 23.2 Å². The smallest absolute Gasteiger partial charge is 0.264 e. The van der Waals surface area contributed by atoms with Gasteiger partial charge in [0.2, 0.25) is 11.8 Å². The van der Waals surface area contributed by atoms with Gasteiger partial charge in [0.1, 0.15) is 12.6 Å². The van der Waals surface area contributed by atoms with Crippen LogP contribution in [0.5, 0.6) is 0 Å². The number of aryl methyl sites for hydroxylation is 1. The number of hydrogen-bond donors (Lipinski definition) is 1. The number of rotatable bonds is 14. The van der Waals surface area contributed by atoms with Crippen molar-refractivity contribution in [2.24, 2.45) is 0 Å². The maximum absolute atomic E-state index is 14.6. The van der Waals surface area contributed by atoms with Crippen LogP contribution in [-0.4, -0.2) is 44.3 Å². The van der Waals surface area contributed by atoms with Crippen molar-refractivity contribution in [3.8, 4) is 0 Å². The average molecular weight is 681 g/mol. The van der Waals surface area contributed by atoms with Crippen molar-refractivity contribution in [3.63, 3.8) is 0 Å².